The molecule has 4 aromatic rings. The molecule has 2 aromatic heterocycles. The zero-order chi connectivity index (χ0) is 30.0. The second-order valence-electron chi connectivity index (χ2n) is 11.6. The summed E-state index contributed by atoms with van der Waals surface area (Å²) in [6.45, 7) is 6.15. The number of H-pyrrole nitrogens is 1. The number of alkyl halides is 4. The molecule has 0 spiro atoms. The van der Waals surface area contributed by atoms with Crippen LogP contribution in [0.1, 0.15) is 44.2 Å². The molecular formula is C29H29F6N5O2. The maximum atomic E-state index is 16.4. The highest BCUT2D eigenvalue weighted by Gasteiger charge is 2.49. The third-order valence-electron chi connectivity index (χ3n) is 8.08. The van der Waals surface area contributed by atoms with Crippen LogP contribution in [-0.2, 0) is 6.18 Å². The van der Waals surface area contributed by atoms with Crippen LogP contribution in [0.2, 0.25) is 0 Å². The molecule has 2 aliphatic heterocycles. The number of aromatic nitrogens is 4. The van der Waals surface area contributed by atoms with Crippen molar-refractivity contribution in [2.24, 2.45) is 5.92 Å². The van der Waals surface area contributed by atoms with Gasteiger partial charge in [-0.15, -0.1) is 0 Å². The van der Waals surface area contributed by atoms with Gasteiger partial charge in [0.05, 0.1) is 40.4 Å². The summed E-state index contributed by atoms with van der Waals surface area (Å²) in [6.07, 6.45) is -2.81. The smallest absolute Gasteiger partial charge is 0.417 e. The summed E-state index contributed by atoms with van der Waals surface area (Å²) in [5, 5.41) is 6.36. The molecule has 0 unspecified atom stereocenters. The van der Waals surface area contributed by atoms with Crippen molar-refractivity contribution in [3.8, 4) is 23.0 Å². The number of fused-ring (bicyclic) bond motifs is 3. The monoisotopic (exact) mass is 593 g/mol. The molecule has 6 rings (SSSR count). The number of aryl methyl sites for hydroxylation is 1. The minimum atomic E-state index is -4.93. The normalized spacial score (nSPS) is 21.1. The highest BCUT2D eigenvalue weighted by Crippen LogP contribution is 2.46. The molecule has 42 heavy (non-hydrogen) atoms. The zero-order valence-electron chi connectivity index (χ0n) is 23.2. The first kappa shape index (κ1) is 28.5. The summed E-state index contributed by atoms with van der Waals surface area (Å²) in [5.41, 5.74) is -4.23. The number of halogens is 6. The molecule has 0 radical (unpaired) electrons. The maximum absolute atomic E-state index is 16.4. The predicted molar refractivity (Wildman–Crippen MR) is 143 cm³/mol. The van der Waals surface area contributed by atoms with Crippen LogP contribution in [0.5, 0.6) is 11.9 Å². The lowest BCUT2D eigenvalue weighted by Crippen LogP contribution is -2.43. The first-order chi connectivity index (χ1) is 19.9. The molecule has 224 valence electrons. The number of nitrogens with zero attached hydrogens (tertiary/aromatic N) is 4. The Morgan fingerprint density at radius 2 is 1.93 bits per heavy atom. The first-order valence-corrected chi connectivity index (χ1v) is 13.8. The van der Waals surface area contributed by atoms with Crippen molar-refractivity contribution in [2.45, 2.75) is 57.9 Å². The SMILES string of the molecule is Cc1cc2cn[nH]c2c(-c2c(F)cc3c(OCC(C)C)nc(OC[C@@]45CCCN4C[C@H](F)C5)nc3c2F)c1C(F)(F)F. The summed E-state index contributed by atoms with van der Waals surface area (Å²) >= 11 is 0. The summed E-state index contributed by atoms with van der Waals surface area (Å²) < 4.78 is 101. The molecular weight excluding hydrogens is 564 g/mol. The summed E-state index contributed by atoms with van der Waals surface area (Å²) in [7, 11) is 0. The van der Waals surface area contributed by atoms with Crippen molar-refractivity contribution in [3.05, 3.63) is 41.1 Å². The van der Waals surface area contributed by atoms with E-state index in [1.54, 1.807) is 0 Å². The first-order valence-electron chi connectivity index (χ1n) is 13.8. The Hall–Kier alpha value is -3.61. The predicted octanol–water partition coefficient (Wildman–Crippen LogP) is 6.77. The number of aromatic amines is 1. The highest BCUT2D eigenvalue weighted by atomic mass is 19.4. The molecule has 0 aliphatic carbocycles. The quantitative estimate of drug-likeness (QED) is 0.239. The maximum Gasteiger partial charge on any atom is 0.417 e. The van der Waals surface area contributed by atoms with Gasteiger partial charge in [-0.25, -0.2) is 13.2 Å². The lowest BCUT2D eigenvalue weighted by molar-refractivity contribution is -0.137. The Morgan fingerprint density at radius 3 is 2.67 bits per heavy atom. The average Bonchev–Trinajstić information content (AvgIpc) is 3.59. The van der Waals surface area contributed by atoms with Gasteiger partial charge in [-0.3, -0.25) is 10.00 Å². The Labute approximate surface area is 237 Å². The van der Waals surface area contributed by atoms with Crippen LogP contribution < -0.4 is 9.47 Å². The number of ether oxygens (including phenoxy) is 2. The fourth-order valence-electron chi connectivity index (χ4n) is 6.29. The molecule has 0 bridgehead atoms. The summed E-state index contributed by atoms with van der Waals surface area (Å²) in [5.74, 6) is -2.73. The topological polar surface area (TPSA) is 76.2 Å². The van der Waals surface area contributed by atoms with E-state index in [0.29, 0.717) is 13.0 Å². The van der Waals surface area contributed by atoms with Gasteiger partial charge in [-0.2, -0.15) is 28.2 Å². The number of nitrogens with one attached hydrogen (secondary N) is 1. The minimum Gasteiger partial charge on any atom is -0.477 e. The summed E-state index contributed by atoms with van der Waals surface area (Å²) in [4.78, 5) is 10.5. The highest BCUT2D eigenvalue weighted by molar-refractivity contribution is 5.99. The molecule has 0 saturated carbocycles. The summed E-state index contributed by atoms with van der Waals surface area (Å²) in [6, 6.07) is 1.83. The van der Waals surface area contributed by atoms with E-state index in [1.807, 2.05) is 18.7 Å². The second kappa shape index (κ2) is 10.3. The second-order valence-corrected chi connectivity index (χ2v) is 11.6. The van der Waals surface area contributed by atoms with Gasteiger partial charge in [-0.05, 0) is 49.9 Å². The van der Waals surface area contributed by atoms with E-state index in [2.05, 4.69) is 20.2 Å². The molecule has 2 aromatic carbocycles. The van der Waals surface area contributed by atoms with Gasteiger partial charge in [0, 0.05) is 23.9 Å². The molecule has 1 N–H and O–H groups in total. The average molecular weight is 594 g/mol. The van der Waals surface area contributed by atoms with Crippen LogP contribution in [0, 0.1) is 24.5 Å². The standard InChI is InChI=1S/C29H29F6N5O2/c1-14(2)12-41-26-18-8-19(31)20(21-22(29(33,34)35)15(3)7-16-10-36-39-24(16)21)23(32)25(18)37-27(38-26)42-13-28-5-4-6-40(28)11-17(30)9-28/h7-8,10,14,17H,4-6,9,11-13H2,1-3H3,(H,36,39)/t17-,28+/m1/s1. The van der Waals surface area contributed by atoms with Gasteiger partial charge < -0.3 is 9.47 Å². The van der Waals surface area contributed by atoms with Crippen LogP contribution in [0.3, 0.4) is 0 Å². The van der Waals surface area contributed by atoms with Crippen LogP contribution in [0.25, 0.3) is 32.9 Å². The largest absolute Gasteiger partial charge is 0.477 e. The number of rotatable bonds is 7. The van der Waals surface area contributed by atoms with Gasteiger partial charge in [0.1, 0.15) is 24.1 Å². The Kier molecular flexibility index (Phi) is 6.98. The molecule has 4 heterocycles. The van der Waals surface area contributed by atoms with Crippen molar-refractivity contribution >= 4 is 21.8 Å². The zero-order valence-corrected chi connectivity index (χ0v) is 23.2. The third-order valence-corrected chi connectivity index (χ3v) is 8.08. The van der Waals surface area contributed by atoms with E-state index >= 15 is 8.78 Å². The Bertz CT molecular complexity index is 1670. The van der Waals surface area contributed by atoms with E-state index in [0.717, 1.165) is 19.0 Å². The van der Waals surface area contributed by atoms with Crippen molar-refractivity contribution < 1.29 is 35.8 Å². The molecule has 2 atom stereocenters. The Morgan fingerprint density at radius 1 is 1.14 bits per heavy atom. The molecule has 7 nitrogen and oxygen atoms in total. The Balaban J connectivity index is 1.52. The molecule has 2 saturated heterocycles. The van der Waals surface area contributed by atoms with E-state index in [4.69, 9.17) is 9.47 Å². The lowest BCUT2D eigenvalue weighted by Gasteiger charge is -2.30. The van der Waals surface area contributed by atoms with Gasteiger partial charge in [0.15, 0.2) is 5.82 Å². The minimum absolute atomic E-state index is 0.0227. The van der Waals surface area contributed by atoms with Crippen LogP contribution in [0.4, 0.5) is 26.3 Å². The third kappa shape index (κ3) is 4.81. The fourth-order valence-corrected chi connectivity index (χ4v) is 6.29. The number of benzene rings is 2. The fraction of sp³-hybridized carbons (Fsp3) is 0.483. The van der Waals surface area contributed by atoms with Gasteiger partial charge in [0.25, 0.3) is 0 Å². The van der Waals surface area contributed by atoms with Crippen molar-refractivity contribution in [3.63, 3.8) is 0 Å². The van der Waals surface area contributed by atoms with E-state index in [-0.39, 0.29) is 59.3 Å². The van der Waals surface area contributed by atoms with Gasteiger partial charge in [0.2, 0.25) is 5.88 Å². The van der Waals surface area contributed by atoms with Crippen molar-refractivity contribution in [1.29, 1.82) is 0 Å². The van der Waals surface area contributed by atoms with Gasteiger partial charge >= 0.3 is 12.2 Å². The molecule has 0 amide bonds. The van der Waals surface area contributed by atoms with E-state index in [1.165, 1.54) is 19.2 Å². The molecule has 13 heteroatoms. The number of hydrogen-bond donors (Lipinski definition) is 1. The van der Waals surface area contributed by atoms with Crippen molar-refractivity contribution in [2.75, 3.05) is 26.3 Å². The molecule has 2 aliphatic rings. The van der Waals surface area contributed by atoms with Crippen LogP contribution in [0.15, 0.2) is 18.3 Å². The van der Waals surface area contributed by atoms with Crippen LogP contribution in [-0.4, -0.2) is 63.1 Å². The lowest BCUT2D eigenvalue weighted by atomic mass is 9.91. The van der Waals surface area contributed by atoms with Crippen molar-refractivity contribution in [1.82, 2.24) is 25.1 Å². The van der Waals surface area contributed by atoms with E-state index < -0.39 is 51.7 Å². The molecule has 2 fully saturated rings. The van der Waals surface area contributed by atoms with E-state index in [9.17, 15) is 17.6 Å². The number of hydrogen-bond acceptors (Lipinski definition) is 6. The van der Waals surface area contributed by atoms with Crippen LogP contribution >= 0.6 is 0 Å². The van der Waals surface area contributed by atoms with Gasteiger partial charge in [-0.1, -0.05) is 13.8 Å².